The molecule has 0 bridgehead atoms. The van der Waals surface area contributed by atoms with Crippen molar-refractivity contribution in [1.29, 1.82) is 0 Å². The van der Waals surface area contributed by atoms with Crippen LogP contribution in [-0.2, 0) is 10.2 Å². The highest BCUT2D eigenvalue weighted by Crippen LogP contribution is 2.39. The van der Waals surface area contributed by atoms with Crippen LogP contribution in [0.4, 0.5) is 0 Å². The molecular weight excluding hydrogens is 226 g/mol. The van der Waals surface area contributed by atoms with Crippen LogP contribution in [0.5, 0.6) is 0 Å². The molecule has 1 aromatic carbocycles. The Hall–Kier alpha value is -1.39. The predicted octanol–water partition coefficient (Wildman–Crippen LogP) is 1.73. The van der Waals surface area contributed by atoms with Gasteiger partial charge in [-0.2, -0.15) is 0 Å². The Balaban J connectivity index is 2.07. The quantitative estimate of drug-likeness (QED) is 0.865. The molecule has 1 unspecified atom stereocenters. The third-order valence-electron chi connectivity index (χ3n) is 4.19. The predicted molar refractivity (Wildman–Crippen MR) is 71.5 cm³/mol. The van der Waals surface area contributed by atoms with Crippen molar-refractivity contribution in [3.05, 3.63) is 29.6 Å². The monoisotopic (exact) mass is 245 g/mol. The molecule has 1 atom stereocenters. The lowest BCUT2D eigenvalue weighted by Crippen LogP contribution is -2.53. The van der Waals surface area contributed by atoms with E-state index in [2.05, 4.69) is 35.1 Å². The SMILES string of the molecule is Cc1nc2ccc(C3(C(C)CN)COC3)cc2[nH]1. The standard InChI is InChI=1S/C14H19N3O/c1-9(6-15)14(7-18-8-14)11-3-4-12-13(5-11)17-10(2)16-12/h3-5,9H,6-8,15H2,1-2H3,(H,16,17). The Morgan fingerprint density at radius 1 is 1.50 bits per heavy atom. The van der Waals surface area contributed by atoms with E-state index in [-0.39, 0.29) is 5.41 Å². The molecule has 2 heterocycles. The maximum Gasteiger partial charge on any atom is 0.104 e. The smallest absolute Gasteiger partial charge is 0.104 e. The van der Waals surface area contributed by atoms with E-state index < -0.39 is 0 Å². The molecular formula is C14H19N3O. The molecule has 96 valence electrons. The number of ether oxygens (including phenoxy) is 1. The summed E-state index contributed by atoms with van der Waals surface area (Å²) < 4.78 is 5.45. The maximum atomic E-state index is 5.85. The average molecular weight is 245 g/mol. The van der Waals surface area contributed by atoms with E-state index in [1.165, 1.54) is 5.56 Å². The molecule has 0 aliphatic carbocycles. The molecule has 1 fully saturated rings. The van der Waals surface area contributed by atoms with Crippen molar-refractivity contribution in [3.8, 4) is 0 Å². The summed E-state index contributed by atoms with van der Waals surface area (Å²) in [7, 11) is 0. The van der Waals surface area contributed by atoms with E-state index in [4.69, 9.17) is 10.5 Å². The fourth-order valence-electron chi connectivity index (χ4n) is 2.73. The second-order valence-electron chi connectivity index (χ2n) is 5.34. The number of H-pyrrole nitrogens is 1. The van der Waals surface area contributed by atoms with Crippen molar-refractivity contribution < 1.29 is 4.74 Å². The molecule has 1 aromatic heterocycles. The normalized spacial score (nSPS) is 19.7. The van der Waals surface area contributed by atoms with Gasteiger partial charge in [-0.3, -0.25) is 0 Å². The second kappa shape index (κ2) is 4.07. The zero-order chi connectivity index (χ0) is 12.8. The van der Waals surface area contributed by atoms with Gasteiger partial charge >= 0.3 is 0 Å². The van der Waals surface area contributed by atoms with E-state index in [1.54, 1.807) is 0 Å². The molecule has 3 rings (SSSR count). The number of aryl methyl sites for hydroxylation is 1. The van der Waals surface area contributed by atoms with Crippen LogP contribution in [0.3, 0.4) is 0 Å². The second-order valence-corrected chi connectivity index (χ2v) is 5.34. The summed E-state index contributed by atoms with van der Waals surface area (Å²) in [5, 5.41) is 0. The first-order chi connectivity index (χ1) is 8.65. The van der Waals surface area contributed by atoms with Gasteiger partial charge in [-0.15, -0.1) is 0 Å². The van der Waals surface area contributed by atoms with E-state index in [0.717, 1.165) is 30.1 Å². The molecule has 0 radical (unpaired) electrons. The maximum absolute atomic E-state index is 5.85. The Labute approximate surface area is 107 Å². The van der Waals surface area contributed by atoms with E-state index in [9.17, 15) is 0 Å². The molecule has 18 heavy (non-hydrogen) atoms. The number of nitrogens with zero attached hydrogens (tertiary/aromatic N) is 1. The van der Waals surface area contributed by atoms with Crippen molar-refractivity contribution in [3.63, 3.8) is 0 Å². The third-order valence-corrected chi connectivity index (χ3v) is 4.19. The Bertz CT molecular complexity index is 571. The van der Waals surface area contributed by atoms with Crippen LogP contribution in [0, 0.1) is 12.8 Å². The highest BCUT2D eigenvalue weighted by Gasteiger charge is 2.44. The van der Waals surface area contributed by atoms with Crippen LogP contribution in [-0.4, -0.2) is 29.7 Å². The summed E-state index contributed by atoms with van der Waals surface area (Å²) in [6.07, 6.45) is 0. The van der Waals surface area contributed by atoms with Gasteiger partial charge in [0, 0.05) is 5.41 Å². The molecule has 0 spiro atoms. The van der Waals surface area contributed by atoms with Gasteiger partial charge in [0.15, 0.2) is 0 Å². The molecule has 0 saturated carbocycles. The first-order valence-electron chi connectivity index (χ1n) is 6.40. The lowest BCUT2D eigenvalue weighted by molar-refractivity contribution is -0.0853. The van der Waals surface area contributed by atoms with Gasteiger partial charge < -0.3 is 15.5 Å². The van der Waals surface area contributed by atoms with E-state index in [0.29, 0.717) is 12.5 Å². The van der Waals surface area contributed by atoms with Crippen molar-refractivity contribution in [2.45, 2.75) is 19.3 Å². The zero-order valence-electron chi connectivity index (χ0n) is 10.9. The van der Waals surface area contributed by atoms with Crippen LogP contribution >= 0.6 is 0 Å². The third kappa shape index (κ3) is 1.56. The largest absolute Gasteiger partial charge is 0.379 e. The fraction of sp³-hybridized carbons (Fsp3) is 0.500. The summed E-state index contributed by atoms with van der Waals surface area (Å²) in [6.45, 7) is 6.40. The summed E-state index contributed by atoms with van der Waals surface area (Å²) in [6, 6.07) is 6.44. The minimum atomic E-state index is 0.0853. The zero-order valence-corrected chi connectivity index (χ0v) is 10.9. The van der Waals surface area contributed by atoms with Crippen LogP contribution in [0.25, 0.3) is 11.0 Å². The summed E-state index contributed by atoms with van der Waals surface area (Å²) >= 11 is 0. The van der Waals surface area contributed by atoms with Gasteiger partial charge in [0.2, 0.25) is 0 Å². The van der Waals surface area contributed by atoms with Gasteiger partial charge in [-0.1, -0.05) is 13.0 Å². The Morgan fingerprint density at radius 3 is 2.89 bits per heavy atom. The van der Waals surface area contributed by atoms with E-state index in [1.807, 2.05) is 6.92 Å². The number of benzene rings is 1. The van der Waals surface area contributed by atoms with E-state index >= 15 is 0 Å². The minimum Gasteiger partial charge on any atom is -0.379 e. The van der Waals surface area contributed by atoms with Gasteiger partial charge in [0.1, 0.15) is 5.82 Å². The van der Waals surface area contributed by atoms with Crippen LogP contribution in [0.2, 0.25) is 0 Å². The van der Waals surface area contributed by atoms with Crippen molar-refractivity contribution in [2.24, 2.45) is 11.7 Å². The first kappa shape index (κ1) is 11.7. The minimum absolute atomic E-state index is 0.0853. The Morgan fingerprint density at radius 2 is 2.28 bits per heavy atom. The number of fused-ring (bicyclic) bond motifs is 1. The van der Waals surface area contributed by atoms with Crippen molar-refractivity contribution in [2.75, 3.05) is 19.8 Å². The summed E-state index contributed by atoms with van der Waals surface area (Å²) in [5.41, 5.74) is 9.36. The molecule has 2 aromatic rings. The summed E-state index contributed by atoms with van der Waals surface area (Å²) in [4.78, 5) is 7.73. The lowest BCUT2D eigenvalue weighted by Gasteiger charge is -2.46. The number of aromatic nitrogens is 2. The molecule has 0 amide bonds. The molecule has 1 aliphatic rings. The molecule has 4 nitrogen and oxygen atoms in total. The number of hydrogen-bond acceptors (Lipinski definition) is 3. The number of aromatic amines is 1. The van der Waals surface area contributed by atoms with Gasteiger partial charge in [0.05, 0.1) is 24.2 Å². The number of nitrogens with two attached hydrogens (primary N) is 1. The lowest BCUT2D eigenvalue weighted by atomic mass is 9.69. The number of rotatable bonds is 3. The van der Waals surface area contributed by atoms with Crippen LogP contribution < -0.4 is 5.73 Å². The van der Waals surface area contributed by atoms with Gasteiger partial charge in [-0.25, -0.2) is 4.98 Å². The Kier molecular flexibility index (Phi) is 2.64. The van der Waals surface area contributed by atoms with Crippen molar-refractivity contribution >= 4 is 11.0 Å². The average Bonchev–Trinajstić information content (AvgIpc) is 2.66. The van der Waals surface area contributed by atoms with Crippen LogP contribution in [0.1, 0.15) is 18.3 Å². The van der Waals surface area contributed by atoms with Crippen LogP contribution in [0.15, 0.2) is 18.2 Å². The van der Waals surface area contributed by atoms with Gasteiger partial charge in [-0.05, 0) is 37.1 Å². The number of imidazole rings is 1. The molecule has 4 heteroatoms. The topological polar surface area (TPSA) is 63.9 Å². The highest BCUT2D eigenvalue weighted by atomic mass is 16.5. The molecule has 1 aliphatic heterocycles. The summed E-state index contributed by atoms with van der Waals surface area (Å²) in [5.74, 6) is 1.38. The molecule has 3 N–H and O–H groups in total. The highest BCUT2D eigenvalue weighted by molar-refractivity contribution is 5.76. The van der Waals surface area contributed by atoms with Gasteiger partial charge in [0.25, 0.3) is 0 Å². The molecule has 1 saturated heterocycles. The number of nitrogens with one attached hydrogen (secondary N) is 1. The van der Waals surface area contributed by atoms with Crippen molar-refractivity contribution in [1.82, 2.24) is 9.97 Å². The fourth-order valence-corrected chi connectivity index (χ4v) is 2.73. The first-order valence-corrected chi connectivity index (χ1v) is 6.40. The number of hydrogen-bond donors (Lipinski definition) is 2.